The average molecular weight is 296 g/mol. The van der Waals surface area contributed by atoms with Crippen LogP contribution in [0.5, 0.6) is 0 Å². The topological polar surface area (TPSA) is 92.4 Å². The molecule has 2 aromatic heterocycles. The van der Waals surface area contributed by atoms with Crippen LogP contribution in [-0.2, 0) is 23.2 Å². The second-order valence-electron chi connectivity index (χ2n) is 4.39. The molecule has 2 N–H and O–H groups in total. The van der Waals surface area contributed by atoms with Gasteiger partial charge in [0.2, 0.25) is 10.0 Å². The van der Waals surface area contributed by atoms with Crippen molar-refractivity contribution in [2.45, 2.75) is 31.9 Å². The summed E-state index contributed by atoms with van der Waals surface area (Å²) in [6.07, 6.45) is 0. The first-order valence-corrected chi connectivity index (χ1v) is 7.53. The van der Waals surface area contributed by atoms with Gasteiger partial charge in [0.05, 0.1) is 12.2 Å². The number of hydrogen-bond donors (Lipinski definition) is 2. The molecule has 2 aromatic rings. The average Bonchev–Trinajstić information content (AvgIpc) is 2.79. The summed E-state index contributed by atoms with van der Waals surface area (Å²) in [5.74, 6) is 0.468. The van der Waals surface area contributed by atoms with Crippen molar-refractivity contribution in [2.24, 2.45) is 0 Å². The minimum atomic E-state index is -3.69. The van der Waals surface area contributed by atoms with Crippen molar-refractivity contribution in [1.82, 2.24) is 9.71 Å². The number of furan rings is 1. The first kappa shape index (κ1) is 14.7. The van der Waals surface area contributed by atoms with E-state index in [4.69, 9.17) is 9.52 Å². The Bertz CT molecular complexity index is 707. The number of sulfonamides is 1. The van der Waals surface area contributed by atoms with Crippen molar-refractivity contribution < 1.29 is 17.9 Å². The maximum atomic E-state index is 12.2. The van der Waals surface area contributed by atoms with E-state index in [9.17, 15) is 8.42 Å². The van der Waals surface area contributed by atoms with Crippen molar-refractivity contribution >= 4 is 10.0 Å². The molecule has 0 spiro atoms. The van der Waals surface area contributed by atoms with E-state index >= 15 is 0 Å². The fourth-order valence-electron chi connectivity index (χ4n) is 1.81. The highest BCUT2D eigenvalue weighted by molar-refractivity contribution is 7.89. The normalized spacial score (nSPS) is 11.8. The molecule has 6 nitrogen and oxygen atoms in total. The first-order chi connectivity index (χ1) is 9.42. The van der Waals surface area contributed by atoms with Crippen LogP contribution in [-0.4, -0.2) is 18.5 Å². The molecule has 0 amide bonds. The lowest BCUT2D eigenvalue weighted by molar-refractivity contribution is 0.244. The lowest BCUT2D eigenvalue weighted by Gasteiger charge is -2.05. The van der Waals surface area contributed by atoms with E-state index in [1.54, 1.807) is 13.0 Å². The molecule has 0 unspecified atom stereocenters. The molecule has 2 rings (SSSR count). The zero-order valence-corrected chi connectivity index (χ0v) is 12.1. The van der Waals surface area contributed by atoms with Gasteiger partial charge in [-0.2, -0.15) is 0 Å². The van der Waals surface area contributed by atoms with E-state index in [2.05, 4.69) is 9.71 Å². The number of aliphatic hydroxyl groups is 1. The highest BCUT2D eigenvalue weighted by Crippen LogP contribution is 2.20. The van der Waals surface area contributed by atoms with Crippen molar-refractivity contribution in [3.8, 4) is 0 Å². The minimum absolute atomic E-state index is 0.0363. The quantitative estimate of drug-likeness (QED) is 0.866. The molecular weight excluding hydrogens is 280 g/mol. The fourth-order valence-corrected chi connectivity index (χ4v) is 3.01. The zero-order chi connectivity index (χ0) is 14.8. The predicted octanol–water partition coefficient (Wildman–Crippen LogP) is 1.26. The van der Waals surface area contributed by atoms with E-state index in [-0.39, 0.29) is 29.6 Å². The standard InChI is InChI=1S/C13H16N2O4S/c1-9-4-3-5-11(15-9)7-14-20(17,18)13-6-12(8-16)19-10(13)2/h3-6,14,16H,7-8H2,1-2H3. The maximum absolute atomic E-state index is 12.2. The van der Waals surface area contributed by atoms with Crippen LogP contribution in [0.1, 0.15) is 22.9 Å². The van der Waals surface area contributed by atoms with Crippen LogP contribution in [0.15, 0.2) is 33.6 Å². The van der Waals surface area contributed by atoms with Crippen molar-refractivity contribution in [1.29, 1.82) is 0 Å². The summed E-state index contributed by atoms with van der Waals surface area (Å²) >= 11 is 0. The number of aromatic nitrogens is 1. The highest BCUT2D eigenvalue weighted by atomic mass is 32.2. The Hall–Kier alpha value is -1.70. The Kier molecular flexibility index (Phi) is 4.22. The molecule has 0 fully saturated rings. The molecule has 0 atom stereocenters. The second kappa shape index (κ2) is 5.74. The van der Waals surface area contributed by atoms with E-state index in [0.717, 1.165) is 5.69 Å². The Labute approximate surface area is 117 Å². The fraction of sp³-hybridized carbons (Fsp3) is 0.308. The van der Waals surface area contributed by atoms with Gasteiger partial charge in [0.25, 0.3) is 0 Å². The number of nitrogens with zero attached hydrogens (tertiary/aromatic N) is 1. The van der Waals surface area contributed by atoms with Gasteiger partial charge in [0.15, 0.2) is 0 Å². The minimum Gasteiger partial charge on any atom is -0.462 e. The van der Waals surface area contributed by atoms with Gasteiger partial charge in [-0.3, -0.25) is 4.98 Å². The number of aliphatic hydroxyl groups excluding tert-OH is 1. The van der Waals surface area contributed by atoms with E-state index in [1.165, 1.54) is 6.07 Å². The van der Waals surface area contributed by atoms with E-state index < -0.39 is 10.0 Å². The third-order valence-electron chi connectivity index (χ3n) is 2.76. The Morgan fingerprint density at radius 2 is 2.10 bits per heavy atom. The van der Waals surface area contributed by atoms with Crippen LogP contribution < -0.4 is 4.72 Å². The van der Waals surface area contributed by atoms with E-state index in [1.807, 2.05) is 19.1 Å². The molecule has 108 valence electrons. The van der Waals surface area contributed by atoms with Crippen LogP contribution >= 0.6 is 0 Å². The van der Waals surface area contributed by atoms with Gasteiger partial charge in [0, 0.05) is 11.8 Å². The van der Waals surface area contributed by atoms with Crippen molar-refractivity contribution in [3.63, 3.8) is 0 Å². The van der Waals surface area contributed by atoms with Gasteiger partial charge in [0.1, 0.15) is 23.0 Å². The summed E-state index contributed by atoms with van der Waals surface area (Å²) in [7, 11) is -3.69. The predicted molar refractivity (Wildman–Crippen MR) is 72.4 cm³/mol. The summed E-state index contributed by atoms with van der Waals surface area (Å²) in [5, 5.41) is 8.96. The first-order valence-electron chi connectivity index (χ1n) is 6.05. The summed E-state index contributed by atoms with van der Waals surface area (Å²) in [6, 6.07) is 6.73. The van der Waals surface area contributed by atoms with Gasteiger partial charge < -0.3 is 9.52 Å². The van der Waals surface area contributed by atoms with Gasteiger partial charge in [-0.1, -0.05) is 6.07 Å². The van der Waals surface area contributed by atoms with Crippen LogP contribution in [0.3, 0.4) is 0 Å². The third-order valence-corrected chi connectivity index (χ3v) is 4.27. The van der Waals surface area contributed by atoms with Crippen molar-refractivity contribution in [3.05, 3.63) is 47.2 Å². The lowest BCUT2D eigenvalue weighted by atomic mass is 10.3. The number of hydrogen-bond acceptors (Lipinski definition) is 5. The molecule has 0 radical (unpaired) electrons. The molecule has 0 bridgehead atoms. The number of nitrogens with one attached hydrogen (secondary N) is 1. The van der Waals surface area contributed by atoms with Crippen LogP contribution in [0.25, 0.3) is 0 Å². The zero-order valence-electron chi connectivity index (χ0n) is 11.3. The molecule has 2 heterocycles. The van der Waals surface area contributed by atoms with Gasteiger partial charge in [-0.05, 0) is 26.0 Å². The molecule has 0 aliphatic rings. The Morgan fingerprint density at radius 1 is 1.35 bits per heavy atom. The van der Waals surface area contributed by atoms with Crippen LogP contribution in [0, 0.1) is 13.8 Å². The largest absolute Gasteiger partial charge is 0.462 e. The van der Waals surface area contributed by atoms with Crippen LogP contribution in [0.4, 0.5) is 0 Å². The molecule has 0 saturated carbocycles. The SMILES string of the molecule is Cc1cccc(CNS(=O)(=O)c2cc(CO)oc2C)n1. The smallest absolute Gasteiger partial charge is 0.244 e. The molecule has 20 heavy (non-hydrogen) atoms. The lowest BCUT2D eigenvalue weighted by Crippen LogP contribution is -2.24. The highest BCUT2D eigenvalue weighted by Gasteiger charge is 2.21. The summed E-state index contributed by atoms with van der Waals surface area (Å²) < 4.78 is 31.9. The van der Waals surface area contributed by atoms with Gasteiger partial charge in [-0.15, -0.1) is 0 Å². The summed E-state index contributed by atoms with van der Waals surface area (Å²) in [6.45, 7) is 3.14. The molecule has 7 heteroatoms. The second-order valence-corrected chi connectivity index (χ2v) is 6.12. The van der Waals surface area contributed by atoms with E-state index in [0.29, 0.717) is 5.69 Å². The van der Waals surface area contributed by atoms with Crippen LogP contribution in [0.2, 0.25) is 0 Å². The van der Waals surface area contributed by atoms with Gasteiger partial charge in [-0.25, -0.2) is 13.1 Å². The molecule has 0 aliphatic carbocycles. The molecular formula is C13H16N2O4S. The molecule has 0 aromatic carbocycles. The maximum Gasteiger partial charge on any atom is 0.244 e. The molecule has 0 saturated heterocycles. The Morgan fingerprint density at radius 3 is 2.70 bits per heavy atom. The Balaban J connectivity index is 2.17. The number of aryl methyl sites for hydroxylation is 2. The third kappa shape index (κ3) is 3.24. The summed E-state index contributed by atoms with van der Waals surface area (Å²) in [4.78, 5) is 4.26. The summed E-state index contributed by atoms with van der Waals surface area (Å²) in [5.41, 5.74) is 1.46. The number of pyridine rings is 1. The van der Waals surface area contributed by atoms with Crippen molar-refractivity contribution in [2.75, 3.05) is 0 Å². The van der Waals surface area contributed by atoms with Gasteiger partial charge >= 0.3 is 0 Å². The molecule has 0 aliphatic heterocycles. The number of rotatable bonds is 5. The monoisotopic (exact) mass is 296 g/mol.